The quantitative estimate of drug-likeness (QED) is 0.365. The van der Waals surface area contributed by atoms with Crippen LogP contribution in [0.15, 0.2) is 53.5 Å². The van der Waals surface area contributed by atoms with E-state index in [0.29, 0.717) is 49.8 Å². The van der Waals surface area contributed by atoms with E-state index >= 15 is 4.39 Å². The first-order valence-corrected chi connectivity index (χ1v) is 13.6. The summed E-state index contributed by atoms with van der Waals surface area (Å²) in [4.78, 5) is 31.1. The second-order valence-corrected chi connectivity index (χ2v) is 10.3. The molecule has 2 saturated heterocycles. The van der Waals surface area contributed by atoms with Gasteiger partial charge < -0.3 is 29.2 Å². The summed E-state index contributed by atoms with van der Waals surface area (Å²) in [5.74, 6) is -0.138. The number of hydrogen-bond donors (Lipinski definition) is 1. The average molecular weight is 529 g/mol. The topological polar surface area (TPSA) is 76.0 Å². The van der Waals surface area contributed by atoms with Crippen LogP contribution in [0.25, 0.3) is 27.4 Å². The molecule has 7 rings (SSSR count). The monoisotopic (exact) mass is 528 g/mol. The summed E-state index contributed by atoms with van der Waals surface area (Å²) in [6.07, 6.45) is 3.95. The molecule has 3 aliphatic rings. The molecule has 1 aromatic heterocycles. The molecular weight excluding hydrogens is 499 g/mol. The van der Waals surface area contributed by atoms with Crippen LogP contribution in [0.3, 0.4) is 0 Å². The number of benzene rings is 3. The van der Waals surface area contributed by atoms with E-state index in [1.807, 2.05) is 41.0 Å². The molecule has 200 valence electrons. The first-order chi connectivity index (χ1) is 19.1. The van der Waals surface area contributed by atoms with Gasteiger partial charge in [-0.3, -0.25) is 9.59 Å². The van der Waals surface area contributed by atoms with Gasteiger partial charge in [0, 0.05) is 37.8 Å². The molecule has 0 bridgehead atoms. The van der Waals surface area contributed by atoms with Crippen molar-refractivity contribution < 1.29 is 18.7 Å². The zero-order chi connectivity index (χ0) is 26.5. The van der Waals surface area contributed by atoms with E-state index < -0.39 is 11.2 Å². The molecule has 0 radical (unpaired) electrons. The van der Waals surface area contributed by atoms with E-state index in [0.717, 1.165) is 30.4 Å². The molecule has 0 aliphatic carbocycles. The predicted molar refractivity (Wildman–Crippen MR) is 148 cm³/mol. The van der Waals surface area contributed by atoms with Gasteiger partial charge >= 0.3 is 0 Å². The Morgan fingerprint density at radius 3 is 2.59 bits per heavy atom. The summed E-state index contributed by atoms with van der Waals surface area (Å²) in [6, 6.07) is 13.0. The Morgan fingerprint density at radius 2 is 1.77 bits per heavy atom. The van der Waals surface area contributed by atoms with Crippen LogP contribution in [0.2, 0.25) is 0 Å². The van der Waals surface area contributed by atoms with Crippen LogP contribution < -0.4 is 15.5 Å². The van der Waals surface area contributed by atoms with Crippen molar-refractivity contribution in [3.05, 3.63) is 70.3 Å². The lowest BCUT2D eigenvalue weighted by Gasteiger charge is -2.29. The van der Waals surface area contributed by atoms with Crippen molar-refractivity contribution in [2.45, 2.75) is 12.8 Å². The number of halogens is 1. The van der Waals surface area contributed by atoms with Crippen LogP contribution in [0.1, 0.15) is 23.2 Å². The Bertz CT molecular complexity index is 1670. The minimum absolute atomic E-state index is 0.00509. The number of ether oxygens (including phenoxy) is 2. The van der Waals surface area contributed by atoms with E-state index in [2.05, 4.69) is 10.2 Å². The van der Waals surface area contributed by atoms with Crippen molar-refractivity contribution in [3.63, 3.8) is 0 Å². The lowest BCUT2D eigenvalue weighted by atomic mass is 10.0. The van der Waals surface area contributed by atoms with Gasteiger partial charge in [-0.1, -0.05) is 30.3 Å². The van der Waals surface area contributed by atoms with Gasteiger partial charge in [0.2, 0.25) is 5.43 Å². The Hall–Kier alpha value is -3.95. The maximum absolute atomic E-state index is 15.8. The summed E-state index contributed by atoms with van der Waals surface area (Å²) in [6.45, 7) is 5.06. The van der Waals surface area contributed by atoms with Gasteiger partial charge in [-0.05, 0) is 43.5 Å². The Morgan fingerprint density at radius 1 is 0.974 bits per heavy atom. The van der Waals surface area contributed by atoms with Gasteiger partial charge in [0.15, 0.2) is 17.3 Å². The SMILES string of the molecule is O=C(c1cn2c3c(c(NCCN4CCCC4)c(F)cc3c1=O)Oc1c-2ccc2ccccc12)N1CCOCC1. The number of rotatable bonds is 5. The molecule has 1 N–H and O–H groups in total. The largest absolute Gasteiger partial charge is 0.450 e. The van der Waals surface area contributed by atoms with Crippen molar-refractivity contribution in [3.8, 4) is 17.2 Å². The van der Waals surface area contributed by atoms with E-state index in [-0.39, 0.29) is 28.3 Å². The molecule has 0 unspecified atom stereocenters. The summed E-state index contributed by atoms with van der Waals surface area (Å²) in [5, 5.41) is 5.21. The number of carbonyl (C=O) groups excluding carboxylic acids is 1. The highest BCUT2D eigenvalue weighted by Gasteiger charge is 2.31. The Labute approximate surface area is 224 Å². The maximum atomic E-state index is 15.8. The zero-order valence-electron chi connectivity index (χ0n) is 21.5. The number of nitrogens with zero attached hydrogens (tertiary/aromatic N) is 3. The third-order valence-electron chi connectivity index (χ3n) is 7.98. The van der Waals surface area contributed by atoms with Crippen molar-refractivity contribution in [1.29, 1.82) is 0 Å². The van der Waals surface area contributed by atoms with E-state index in [4.69, 9.17) is 9.47 Å². The van der Waals surface area contributed by atoms with Crippen LogP contribution in [-0.4, -0.2) is 72.8 Å². The fourth-order valence-corrected chi connectivity index (χ4v) is 5.95. The normalized spacial score (nSPS) is 16.9. The Balaban J connectivity index is 1.42. The van der Waals surface area contributed by atoms with Crippen molar-refractivity contribution in [1.82, 2.24) is 14.4 Å². The van der Waals surface area contributed by atoms with Gasteiger partial charge in [0.05, 0.1) is 24.3 Å². The van der Waals surface area contributed by atoms with Gasteiger partial charge in [-0.25, -0.2) is 4.39 Å². The average Bonchev–Trinajstić information content (AvgIpc) is 3.49. The molecule has 2 fully saturated rings. The standard InChI is InChI=1S/C30H29FN4O4/c31-23-17-21-26-29(25(23)32-9-12-33-10-3-4-11-33)39-28-20-6-2-1-5-19(20)7-8-24(28)35(26)18-22(27(21)36)30(37)34-13-15-38-16-14-34/h1-2,5-8,17-18,32H,3-4,9-16H2. The molecule has 4 aromatic rings. The number of aromatic nitrogens is 1. The highest BCUT2D eigenvalue weighted by Crippen LogP contribution is 2.47. The molecule has 39 heavy (non-hydrogen) atoms. The zero-order valence-corrected chi connectivity index (χ0v) is 21.5. The molecule has 0 atom stereocenters. The second kappa shape index (κ2) is 9.66. The predicted octanol–water partition coefficient (Wildman–Crippen LogP) is 4.37. The van der Waals surface area contributed by atoms with Crippen molar-refractivity contribution in [2.75, 3.05) is 57.8 Å². The fourth-order valence-electron chi connectivity index (χ4n) is 5.95. The first-order valence-electron chi connectivity index (χ1n) is 13.6. The molecular formula is C30H29FN4O4. The minimum atomic E-state index is -0.581. The third kappa shape index (κ3) is 4.04. The summed E-state index contributed by atoms with van der Waals surface area (Å²) < 4.78 is 29.4. The highest BCUT2D eigenvalue weighted by molar-refractivity contribution is 6.03. The van der Waals surface area contributed by atoms with Crippen LogP contribution in [-0.2, 0) is 4.74 Å². The lowest BCUT2D eigenvalue weighted by Crippen LogP contribution is -2.42. The van der Waals surface area contributed by atoms with Gasteiger partial charge in [-0.15, -0.1) is 0 Å². The van der Waals surface area contributed by atoms with E-state index in [1.165, 1.54) is 18.9 Å². The van der Waals surface area contributed by atoms with Gasteiger partial charge in [0.25, 0.3) is 5.91 Å². The number of morpholine rings is 1. The van der Waals surface area contributed by atoms with Crippen LogP contribution in [0, 0.1) is 5.82 Å². The Kier molecular flexibility index (Phi) is 5.97. The highest BCUT2D eigenvalue weighted by atomic mass is 19.1. The van der Waals surface area contributed by atoms with Crippen molar-refractivity contribution in [2.24, 2.45) is 0 Å². The number of nitrogens with one attached hydrogen (secondary N) is 1. The maximum Gasteiger partial charge on any atom is 0.259 e. The number of amides is 1. The summed E-state index contributed by atoms with van der Waals surface area (Å²) in [7, 11) is 0. The molecule has 1 amide bonds. The van der Waals surface area contributed by atoms with Crippen LogP contribution >= 0.6 is 0 Å². The summed E-state index contributed by atoms with van der Waals surface area (Å²) in [5.41, 5.74) is 0.865. The molecule has 8 nitrogen and oxygen atoms in total. The number of fused-ring (bicyclic) bond motifs is 4. The van der Waals surface area contributed by atoms with Gasteiger partial charge in [0.1, 0.15) is 16.8 Å². The number of hydrogen-bond acceptors (Lipinski definition) is 6. The number of carbonyl (C=O) groups is 1. The molecule has 9 heteroatoms. The number of anilines is 1. The van der Waals surface area contributed by atoms with Crippen LogP contribution in [0.4, 0.5) is 10.1 Å². The first kappa shape index (κ1) is 24.1. The van der Waals surface area contributed by atoms with Crippen molar-refractivity contribution >= 4 is 33.3 Å². The third-order valence-corrected chi connectivity index (χ3v) is 7.98. The molecule has 0 spiro atoms. The summed E-state index contributed by atoms with van der Waals surface area (Å²) >= 11 is 0. The van der Waals surface area contributed by atoms with E-state index in [9.17, 15) is 9.59 Å². The molecule has 3 aliphatic heterocycles. The molecule has 4 heterocycles. The van der Waals surface area contributed by atoms with Gasteiger partial charge in [-0.2, -0.15) is 0 Å². The van der Waals surface area contributed by atoms with E-state index in [1.54, 1.807) is 11.1 Å². The number of pyridine rings is 1. The second-order valence-electron chi connectivity index (χ2n) is 10.3. The minimum Gasteiger partial charge on any atom is -0.450 e. The number of likely N-dealkylation sites (tertiary alicyclic amines) is 1. The molecule has 3 aromatic carbocycles. The van der Waals surface area contributed by atoms with Crippen LogP contribution in [0.5, 0.6) is 11.5 Å². The lowest BCUT2D eigenvalue weighted by molar-refractivity contribution is 0.0302. The molecule has 0 saturated carbocycles. The smallest absolute Gasteiger partial charge is 0.259 e. The fraction of sp³-hybridized carbons (Fsp3) is 0.333.